The molecule has 5 heteroatoms. The summed E-state index contributed by atoms with van der Waals surface area (Å²) in [6.07, 6.45) is 2.72. The van der Waals surface area contributed by atoms with Crippen molar-refractivity contribution in [3.8, 4) is 5.75 Å². The molecule has 0 unspecified atom stereocenters. The molecule has 2 rings (SSSR count). The van der Waals surface area contributed by atoms with Gasteiger partial charge in [0.05, 0.1) is 11.8 Å². The molecule has 2 aromatic rings. The Labute approximate surface area is 118 Å². The number of pyridine rings is 1. The lowest BCUT2D eigenvalue weighted by Gasteiger charge is -2.10. The summed E-state index contributed by atoms with van der Waals surface area (Å²) in [4.78, 5) is 15.7. The van der Waals surface area contributed by atoms with E-state index in [1.165, 1.54) is 18.5 Å². The maximum atomic E-state index is 12.0. The summed E-state index contributed by atoms with van der Waals surface area (Å²) < 4.78 is 1.07. The zero-order valence-electron chi connectivity index (χ0n) is 9.64. The standard InChI is InChI=1S/C13H11IN2O2/c1-8-10(14)3-2-4-11(8)16-13(18)9-5-6-15-7-12(9)17/h2-7,17H,1H3,(H,16,18). The largest absolute Gasteiger partial charge is 0.505 e. The number of anilines is 1. The van der Waals surface area contributed by atoms with Crippen molar-refractivity contribution < 1.29 is 9.90 Å². The van der Waals surface area contributed by atoms with Crippen LogP contribution in [0, 0.1) is 10.5 Å². The topological polar surface area (TPSA) is 62.2 Å². The highest BCUT2D eigenvalue weighted by atomic mass is 127. The molecule has 0 fully saturated rings. The Hall–Kier alpha value is -1.63. The van der Waals surface area contributed by atoms with Crippen LogP contribution < -0.4 is 5.32 Å². The van der Waals surface area contributed by atoms with Crippen molar-refractivity contribution in [2.45, 2.75) is 6.92 Å². The normalized spacial score (nSPS) is 10.1. The highest BCUT2D eigenvalue weighted by Gasteiger charge is 2.12. The molecule has 4 nitrogen and oxygen atoms in total. The number of rotatable bonds is 2. The molecule has 0 saturated carbocycles. The molecule has 1 aromatic carbocycles. The predicted octanol–water partition coefficient (Wildman–Crippen LogP) is 2.95. The molecule has 18 heavy (non-hydrogen) atoms. The van der Waals surface area contributed by atoms with Gasteiger partial charge in [0.15, 0.2) is 0 Å². The van der Waals surface area contributed by atoms with E-state index in [4.69, 9.17) is 0 Å². The Kier molecular flexibility index (Phi) is 3.81. The van der Waals surface area contributed by atoms with Crippen LogP contribution in [0.25, 0.3) is 0 Å². The van der Waals surface area contributed by atoms with Gasteiger partial charge in [0.25, 0.3) is 5.91 Å². The Morgan fingerprint density at radius 1 is 1.39 bits per heavy atom. The van der Waals surface area contributed by atoms with Gasteiger partial charge < -0.3 is 10.4 Å². The minimum absolute atomic E-state index is 0.127. The van der Waals surface area contributed by atoms with E-state index in [1.54, 1.807) is 0 Å². The number of hydrogen-bond acceptors (Lipinski definition) is 3. The number of carbonyl (C=O) groups excluding carboxylic acids is 1. The Morgan fingerprint density at radius 2 is 2.17 bits per heavy atom. The lowest BCUT2D eigenvalue weighted by molar-refractivity contribution is 0.102. The number of halogens is 1. The van der Waals surface area contributed by atoms with Crippen molar-refractivity contribution in [3.05, 3.63) is 51.4 Å². The van der Waals surface area contributed by atoms with E-state index < -0.39 is 0 Å². The lowest BCUT2D eigenvalue weighted by atomic mass is 10.2. The second-order valence-corrected chi connectivity index (χ2v) is 4.92. The van der Waals surface area contributed by atoms with Gasteiger partial charge >= 0.3 is 0 Å². The summed E-state index contributed by atoms with van der Waals surface area (Å²) >= 11 is 2.21. The molecule has 0 spiro atoms. The maximum Gasteiger partial charge on any atom is 0.259 e. The number of hydrogen-bond donors (Lipinski definition) is 2. The van der Waals surface area contributed by atoms with Crippen molar-refractivity contribution in [3.63, 3.8) is 0 Å². The molecular weight excluding hydrogens is 343 g/mol. The SMILES string of the molecule is Cc1c(I)cccc1NC(=O)c1ccncc1O. The van der Waals surface area contributed by atoms with Gasteiger partial charge in [-0.05, 0) is 53.3 Å². The van der Waals surface area contributed by atoms with Gasteiger partial charge in [-0.15, -0.1) is 0 Å². The number of nitrogens with zero attached hydrogens (tertiary/aromatic N) is 1. The molecule has 0 atom stereocenters. The van der Waals surface area contributed by atoms with Crippen LogP contribution in [0.15, 0.2) is 36.7 Å². The van der Waals surface area contributed by atoms with E-state index >= 15 is 0 Å². The minimum Gasteiger partial charge on any atom is -0.505 e. The van der Waals surface area contributed by atoms with Crippen LogP contribution in [0.4, 0.5) is 5.69 Å². The van der Waals surface area contributed by atoms with Crippen LogP contribution in [-0.4, -0.2) is 16.0 Å². The van der Waals surface area contributed by atoms with E-state index in [9.17, 15) is 9.90 Å². The quantitative estimate of drug-likeness (QED) is 0.816. The van der Waals surface area contributed by atoms with Gasteiger partial charge in [-0.25, -0.2) is 0 Å². The van der Waals surface area contributed by atoms with Gasteiger partial charge in [-0.2, -0.15) is 0 Å². The fourth-order valence-electron chi connectivity index (χ4n) is 1.51. The second kappa shape index (κ2) is 5.34. The zero-order valence-corrected chi connectivity index (χ0v) is 11.8. The smallest absolute Gasteiger partial charge is 0.259 e. The Balaban J connectivity index is 2.27. The van der Waals surface area contributed by atoms with Crippen molar-refractivity contribution in [2.75, 3.05) is 5.32 Å². The third-order valence-corrected chi connectivity index (χ3v) is 3.73. The monoisotopic (exact) mass is 354 g/mol. The zero-order chi connectivity index (χ0) is 13.1. The van der Waals surface area contributed by atoms with Gasteiger partial charge in [0, 0.05) is 15.5 Å². The summed E-state index contributed by atoms with van der Waals surface area (Å²) in [5, 5.41) is 12.3. The van der Waals surface area contributed by atoms with Gasteiger partial charge in [0.1, 0.15) is 5.75 Å². The molecule has 92 valence electrons. The summed E-state index contributed by atoms with van der Waals surface area (Å²) in [6.45, 7) is 1.93. The van der Waals surface area contributed by atoms with E-state index in [0.29, 0.717) is 0 Å². The summed E-state index contributed by atoms with van der Waals surface area (Å²) in [5.74, 6) is -0.474. The van der Waals surface area contributed by atoms with Crippen molar-refractivity contribution in [2.24, 2.45) is 0 Å². The first kappa shape index (κ1) is 12.8. The van der Waals surface area contributed by atoms with Crippen LogP contribution in [0.2, 0.25) is 0 Å². The predicted molar refractivity (Wildman–Crippen MR) is 77.8 cm³/mol. The van der Waals surface area contributed by atoms with Crippen LogP contribution in [0.5, 0.6) is 5.75 Å². The molecule has 1 heterocycles. The summed E-state index contributed by atoms with van der Waals surface area (Å²) in [7, 11) is 0. The maximum absolute atomic E-state index is 12.0. The summed E-state index contributed by atoms with van der Waals surface area (Å²) in [5.41, 5.74) is 1.95. The fourth-order valence-corrected chi connectivity index (χ4v) is 2.01. The number of aromatic nitrogens is 1. The minimum atomic E-state index is -0.347. The molecule has 1 aromatic heterocycles. The van der Waals surface area contributed by atoms with Crippen molar-refractivity contribution in [1.82, 2.24) is 4.98 Å². The van der Waals surface area contributed by atoms with Crippen molar-refractivity contribution in [1.29, 1.82) is 0 Å². The Morgan fingerprint density at radius 3 is 2.89 bits per heavy atom. The first-order valence-corrected chi connectivity index (χ1v) is 6.37. The molecule has 0 aliphatic heterocycles. The second-order valence-electron chi connectivity index (χ2n) is 3.76. The van der Waals surface area contributed by atoms with Crippen LogP contribution in [0.1, 0.15) is 15.9 Å². The number of amides is 1. The van der Waals surface area contributed by atoms with E-state index in [2.05, 4.69) is 32.9 Å². The van der Waals surface area contributed by atoms with Gasteiger partial charge in [-0.3, -0.25) is 9.78 Å². The fraction of sp³-hybridized carbons (Fsp3) is 0.0769. The van der Waals surface area contributed by atoms with E-state index in [-0.39, 0.29) is 17.2 Å². The van der Waals surface area contributed by atoms with E-state index in [0.717, 1.165) is 14.8 Å². The first-order chi connectivity index (χ1) is 8.59. The summed E-state index contributed by atoms with van der Waals surface area (Å²) in [6, 6.07) is 7.15. The molecule has 0 aliphatic rings. The average Bonchev–Trinajstić information content (AvgIpc) is 2.35. The highest BCUT2D eigenvalue weighted by Crippen LogP contribution is 2.22. The number of carbonyl (C=O) groups is 1. The molecule has 2 N–H and O–H groups in total. The highest BCUT2D eigenvalue weighted by molar-refractivity contribution is 14.1. The number of benzene rings is 1. The van der Waals surface area contributed by atoms with Gasteiger partial charge in [-0.1, -0.05) is 6.07 Å². The van der Waals surface area contributed by atoms with Crippen LogP contribution in [-0.2, 0) is 0 Å². The molecule has 0 aliphatic carbocycles. The first-order valence-electron chi connectivity index (χ1n) is 5.29. The molecule has 1 amide bonds. The van der Waals surface area contributed by atoms with Crippen molar-refractivity contribution >= 4 is 34.2 Å². The molecule has 0 bridgehead atoms. The number of nitrogens with one attached hydrogen (secondary N) is 1. The molecule has 0 radical (unpaired) electrons. The average molecular weight is 354 g/mol. The molecular formula is C13H11IN2O2. The Bertz CT molecular complexity index is 599. The third-order valence-electron chi connectivity index (χ3n) is 2.56. The lowest BCUT2D eigenvalue weighted by Crippen LogP contribution is -2.13. The van der Waals surface area contributed by atoms with Crippen LogP contribution in [0.3, 0.4) is 0 Å². The van der Waals surface area contributed by atoms with Crippen LogP contribution >= 0.6 is 22.6 Å². The van der Waals surface area contributed by atoms with E-state index in [1.807, 2.05) is 25.1 Å². The third kappa shape index (κ3) is 2.61. The van der Waals surface area contributed by atoms with Gasteiger partial charge in [0.2, 0.25) is 0 Å². The number of aromatic hydroxyl groups is 1. The molecule has 0 saturated heterocycles.